The van der Waals surface area contributed by atoms with Gasteiger partial charge in [-0.15, -0.1) is 0 Å². The molecule has 0 radical (unpaired) electrons. The highest BCUT2D eigenvalue weighted by molar-refractivity contribution is 5.47. The average molecular weight is 501 g/mol. The maximum Gasteiger partial charge on any atom is 0.102 e. The maximum atomic E-state index is 8.33. The van der Waals surface area contributed by atoms with Crippen LogP contribution >= 0.6 is 0 Å². The number of carbonyl (C=O) groups excluding carboxylic acids is 1. The van der Waals surface area contributed by atoms with E-state index >= 15 is 0 Å². The predicted octanol–water partition coefficient (Wildman–Crippen LogP) is -0.922. The van der Waals surface area contributed by atoms with Gasteiger partial charge in [0.1, 0.15) is 26.2 Å². The highest BCUT2D eigenvalue weighted by Crippen LogP contribution is 1.97. The Morgan fingerprint density at radius 2 is 0.824 bits per heavy atom. The number of likely N-dealkylation sites (N-methyl/N-ethyl adjacent to an activating group) is 2. The molecule has 34 heavy (non-hydrogen) atoms. The smallest absolute Gasteiger partial charge is 0.102 e. The third-order valence-corrected chi connectivity index (χ3v) is 4.64. The Bertz CT molecular complexity index is 389. The molecule has 0 fully saturated rings. The van der Waals surface area contributed by atoms with Crippen molar-refractivity contribution in [2.75, 3.05) is 135 Å². The molecule has 0 rings (SSSR count). The van der Waals surface area contributed by atoms with E-state index in [0.29, 0.717) is 26.4 Å². The molecule has 0 aromatic carbocycles. The molecule has 0 aliphatic rings. The molecule has 0 unspecified atom stereocenters. The van der Waals surface area contributed by atoms with Gasteiger partial charge in [-0.25, -0.2) is 0 Å². The summed E-state index contributed by atoms with van der Waals surface area (Å²) in [5, 5.41) is 16.7. The molecule has 0 amide bonds. The Kier molecular flexibility index (Phi) is 29.3. The van der Waals surface area contributed by atoms with E-state index < -0.39 is 6.16 Å². The number of nitrogens with zero attached hydrogens (tertiary/aromatic N) is 2. The molecule has 0 atom stereocenters. The summed E-state index contributed by atoms with van der Waals surface area (Å²) in [5.41, 5.74) is 0. The fourth-order valence-corrected chi connectivity index (χ4v) is 2.25. The number of quaternary nitrogens is 2. The minimum Gasteiger partial charge on any atom is -0.652 e. The minimum atomic E-state index is -2.33. The lowest BCUT2D eigenvalue weighted by Crippen LogP contribution is -2.44. The van der Waals surface area contributed by atoms with Crippen molar-refractivity contribution in [3.63, 3.8) is 0 Å². The van der Waals surface area contributed by atoms with E-state index in [9.17, 15) is 0 Å². The van der Waals surface area contributed by atoms with E-state index in [-0.39, 0.29) is 0 Å². The largest absolute Gasteiger partial charge is 0.652 e. The lowest BCUT2D eigenvalue weighted by Gasteiger charge is -2.29. The van der Waals surface area contributed by atoms with E-state index in [1.54, 1.807) is 14.2 Å². The highest BCUT2D eigenvalue weighted by Gasteiger charge is 2.14. The Hall–Kier alpha value is -1.05. The number of carbonyl (C=O) groups is 1. The Labute approximate surface area is 207 Å². The Balaban J connectivity index is -0.000000488. The molecule has 0 aromatic rings. The highest BCUT2D eigenvalue weighted by atomic mass is 16.6. The van der Waals surface area contributed by atoms with Gasteiger partial charge >= 0.3 is 0 Å². The van der Waals surface area contributed by atoms with Gasteiger partial charge in [0.15, 0.2) is 0 Å². The van der Waals surface area contributed by atoms with Crippen LogP contribution < -0.4 is 10.2 Å². The maximum absolute atomic E-state index is 8.33. The number of hydrogen-bond donors (Lipinski definition) is 0. The molecular formula is C23H52N2O9. The summed E-state index contributed by atoms with van der Waals surface area (Å²) in [6, 6.07) is 0. The van der Waals surface area contributed by atoms with Crippen LogP contribution in [0.25, 0.3) is 0 Å². The van der Waals surface area contributed by atoms with Crippen LogP contribution in [0, 0.1) is 0 Å². The van der Waals surface area contributed by atoms with Crippen LogP contribution in [0.4, 0.5) is 4.79 Å². The summed E-state index contributed by atoms with van der Waals surface area (Å²) >= 11 is 0. The summed E-state index contributed by atoms with van der Waals surface area (Å²) in [7, 11) is 12.1. The monoisotopic (exact) mass is 500 g/mol. The quantitative estimate of drug-likeness (QED) is 0.154. The van der Waals surface area contributed by atoms with E-state index in [1.807, 2.05) is 13.8 Å². The zero-order valence-corrected chi connectivity index (χ0v) is 23.0. The van der Waals surface area contributed by atoms with Gasteiger partial charge in [-0.2, -0.15) is 0 Å². The molecular weight excluding hydrogens is 448 g/mol. The summed E-state index contributed by atoms with van der Waals surface area (Å²) in [6.07, 6.45) is -2.33. The lowest BCUT2D eigenvalue weighted by atomic mass is 10.4. The molecule has 0 spiro atoms. The fourth-order valence-electron chi connectivity index (χ4n) is 2.25. The normalized spacial score (nSPS) is 11.3. The van der Waals surface area contributed by atoms with Crippen LogP contribution in [-0.4, -0.2) is 150 Å². The van der Waals surface area contributed by atoms with Crippen LogP contribution in [0.2, 0.25) is 0 Å². The van der Waals surface area contributed by atoms with Gasteiger partial charge in [-0.05, 0) is 20.0 Å². The van der Waals surface area contributed by atoms with Gasteiger partial charge in [0.25, 0.3) is 0 Å². The molecule has 0 saturated heterocycles. The fraction of sp³-hybridized carbons (Fsp3) is 0.957. The lowest BCUT2D eigenvalue weighted by molar-refractivity contribution is -0.891. The van der Waals surface area contributed by atoms with Crippen LogP contribution in [0.5, 0.6) is 0 Å². The average Bonchev–Trinajstić information content (AvgIpc) is 2.74. The second kappa shape index (κ2) is 26.6. The molecule has 0 saturated carbocycles. The summed E-state index contributed by atoms with van der Waals surface area (Å²) in [6.45, 7) is 15.6. The standard InChI is InChI=1S/2C11H26NO3.CH2O3/c2*1-5-14-8-6-12(2,3)7-9-15-11-10-13-4;2-1(3)4/h2*5-11H2,1-4H3;(H2,2,3,4)/q2*+1;/p-2. The second-order valence-electron chi connectivity index (χ2n) is 8.62. The van der Waals surface area contributed by atoms with E-state index in [4.69, 9.17) is 43.4 Å². The number of carboxylic acid groups (broad SMARTS) is 2. The Morgan fingerprint density at radius 3 is 1.06 bits per heavy atom. The molecule has 11 nitrogen and oxygen atoms in total. The van der Waals surface area contributed by atoms with Gasteiger partial charge in [-0.3, -0.25) is 0 Å². The van der Waals surface area contributed by atoms with Crippen molar-refractivity contribution in [1.82, 2.24) is 0 Å². The first kappa shape index (κ1) is 37.5. The molecule has 0 N–H and O–H groups in total. The first-order valence-corrected chi connectivity index (χ1v) is 11.8. The topological polar surface area (TPSA) is 119 Å². The zero-order valence-electron chi connectivity index (χ0n) is 23.0. The van der Waals surface area contributed by atoms with Gasteiger partial charge in [-0.1, -0.05) is 0 Å². The van der Waals surface area contributed by atoms with Gasteiger partial charge in [0, 0.05) is 27.4 Å². The second-order valence-corrected chi connectivity index (χ2v) is 8.62. The van der Waals surface area contributed by atoms with Crippen molar-refractivity contribution in [3.8, 4) is 0 Å². The van der Waals surface area contributed by atoms with Crippen molar-refractivity contribution in [2.45, 2.75) is 13.8 Å². The van der Waals surface area contributed by atoms with Crippen molar-refractivity contribution in [2.24, 2.45) is 0 Å². The number of ether oxygens (including phenoxy) is 6. The molecule has 0 heterocycles. The van der Waals surface area contributed by atoms with Crippen molar-refractivity contribution in [3.05, 3.63) is 0 Å². The number of methoxy groups -OCH3 is 2. The van der Waals surface area contributed by atoms with Gasteiger partial charge in [0.05, 0.1) is 81.0 Å². The minimum absolute atomic E-state index is 0.673. The van der Waals surface area contributed by atoms with Crippen molar-refractivity contribution < 1.29 is 52.4 Å². The number of rotatable bonds is 20. The summed E-state index contributed by atoms with van der Waals surface area (Å²) in [5.74, 6) is 0. The first-order valence-electron chi connectivity index (χ1n) is 11.8. The van der Waals surface area contributed by atoms with Crippen molar-refractivity contribution in [1.29, 1.82) is 0 Å². The first-order chi connectivity index (χ1) is 16.0. The number of hydrogen-bond acceptors (Lipinski definition) is 9. The molecule has 0 aliphatic carbocycles. The molecule has 0 aromatic heterocycles. The van der Waals surface area contributed by atoms with E-state index in [0.717, 1.165) is 74.8 Å². The zero-order chi connectivity index (χ0) is 26.7. The van der Waals surface area contributed by atoms with Gasteiger partial charge < -0.3 is 52.4 Å². The molecule has 0 aliphatic heterocycles. The SMILES string of the molecule is CCOCC[N+](C)(C)CCOCCOC.CCOCC[N+](C)(C)CCOCCOC.O=C([O-])[O-]. The van der Waals surface area contributed by atoms with Crippen LogP contribution in [0.15, 0.2) is 0 Å². The molecule has 11 heteroatoms. The van der Waals surface area contributed by atoms with E-state index in [1.165, 1.54) is 0 Å². The summed E-state index contributed by atoms with van der Waals surface area (Å²) < 4.78 is 33.2. The van der Waals surface area contributed by atoms with Crippen molar-refractivity contribution >= 4 is 6.16 Å². The van der Waals surface area contributed by atoms with Crippen LogP contribution in [0.3, 0.4) is 0 Å². The molecule has 208 valence electrons. The predicted molar refractivity (Wildman–Crippen MR) is 127 cm³/mol. The van der Waals surface area contributed by atoms with Crippen LogP contribution in [-0.2, 0) is 28.4 Å². The van der Waals surface area contributed by atoms with E-state index in [2.05, 4.69) is 28.2 Å². The van der Waals surface area contributed by atoms with Gasteiger partial charge in [0.2, 0.25) is 0 Å². The molecule has 0 bridgehead atoms. The van der Waals surface area contributed by atoms with Crippen LogP contribution in [0.1, 0.15) is 13.8 Å². The Morgan fingerprint density at radius 1 is 0.559 bits per heavy atom. The third-order valence-electron chi connectivity index (χ3n) is 4.64. The summed E-state index contributed by atoms with van der Waals surface area (Å²) in [4.78, 5) is 8.33. The third kappa shape index (κ3) is 38.2.